The molecule has 0 bridgehead atoms. The van der Waals surface area contributed by atoms with Gasteiger partial charge in [-0.3, -0.25) is 4.79 Å². The van der Waals surface area contributed by atoms with Crippen LogP contribution in [-0.4, -0.2) is 42.1 Å². The number of carbonyl (C=O) groups is 1. The molecule has 26 heavy (non-hydrogen) atoms. The Balaban J connectivity index is 1.51. The third-order valence-electron chi connectivity index (χ3n) is 4.07. The van der Waals surface area contributed by atoms with Crippen LogP contribution < -0.4 is 5.32 Å². The molecule has 1 aromatic heterocycles. The van der Waals surface area contributed by atoms with Crippen molar-refractivity contribution in [1.82, 2.24) is 10.3 Å². The van der Waals surface area contributed by atoms with Crippen molar-refractivity contribution in [2.75, 3.05) is 11.5 Å². The van der Waals surface area contributed by atoms with Crippen LogP contribution in [0.25, 0.3) is 10.6 Å². The summed E-state index contributed by atoms with van der Waals surface area (Å²) in [6.45, 7) is 1.80. The van der Waals surface area contributed by atoms with E-state index in [-0.39, 0.29) is 34.5 Å². The van der Waals surface area contributed by atoms with Crippen LogP contribution in [0.1, 0.15) is 19.0 Å². The number of thioether (sulfide) groups is 1. The Kier molecular flexibility index (Phi) is 5.99. The highest BCUT2D eigenvalue weighted by atomic mass is 32.2. The summed E-state index contributed by atoms with van der Waals surface area (Å²) in [5.41, 5.74) is 1.73. The zero-order chi connectivity index (χ0) is 18.7. The fourth-order valence-electron chi connectivity index (χ4n) is 2.61. The number of hydrogen-bond acceptors (Lipinski definition) is 6. The van der Waals surface area contributed by atoms with Crippen LogP contribution in [0, 0.1) is 5.82 Å². The van der Waals surface area contributed by atoms with Crippen LogP contribution in [0.4, 0.5) is 4.39 Å². The van der Waals surface area contributed by atoms with E-state index >= 15 is 0 Å². The summed E-state index contributed by atoms with van der Waals surface area (Å²) in [6.07, 6.45) is 0.485. The fourth-order valence-corrected chi connectivity index (χ4v) is 6.00. The van der Waals surface area contributed by atoms with Crippen molar-refractivity contribution in [1.29, 1.82) is 0 Å². The van der Waals surface area contributed by atoms with Gasteiger partial charge in [0.25, 0.3) is 0 Å². The first-order chi connectivity index (χ1) is 12.3. The number of carbonyl (C=O) groups excluding carboxylic acids is 1. The molecule has 1 aromatic carbocycles. The maximum absolute atomic E-state index is 13.0. The molecular weight excluding hydrogens is 395 g/mol. The predicted octanol–water partition coefficient (Wildman–Crippen LogP) is 2.87. The molecule has 1 aliphatic heterocycles. The Morgan fingerprint density at radius 2 is 2.15 bits per heavy atom. The summed E-state index contributed by atoms with van der Waals surface area (Å²) in [5, 5.41) is 5.26. The number of hydrogen-bond donors (Lipinski definition) is 1. The van der Waals surface area contributed by atoms with Crippen LogP contribution in [0.15, 0.2) is 29.6 Å². The lowest BCUT2D eigenvalue weighted by molar-refractivity contribution is -0.120. The first-order valence-electron chi connectivity index (χ1n) is 8.15. The summed E-state index contributed by atoms with van der Waals surface area (Å²) >= 11 is 2.93. The lowest BCUT2D eigenvalue weighted by atomic mass is 10.2. The van der Waals surface area contributed by atoms with Gasteiger partial charge in [-0.2, -0.15) is 0 Å². The maximum Gasteiger partial charge on any atom is 0.233 e. The van der Waals surface area contributed by atoms with Crippen molar-refractivity contribution < 1.29 is 17.6 Å². The average Bonchev–Trinajstić information content (AvgIpc) is 3.19. The van der Waals surface area contributed by atoms with E-state index in [1.165, 1.54) is 35.2 Å². The number of benzene rings is 1. The number of amides is 1. The van der Waals surface area contributed by atoms with E-state index in [9.17, 15) is 17.6 Å². The van der Waals surface area contributed by atoms with Gasteiger partial charge in [-0.1, -0.05) is 0 Å². The van der Waals surface area contributed by atoms with Gasteiger partial charge in [0.15, 0.2) is 9.84 Å². The van der Waals surface area contributed by atoms with Gasteiger partial charge in [0.1, 0.15) is 10.8 Å². The highest BCUT2D eigenvalue weighted by Gasteiger charge is 2.30. The van der Waals surface area contributed by atoms with Gasteiger partial charge < -0.3 is 5.32 Å². The van der Waals surface area contributed by atoms with Crippen LogP contribution in [-0.2, 0) is 20.4 Å². The summed E-state index contributed by atoms with van der Waals surface area (Å²) in [5.74, 6) is 0.324. The summed E-state index contributed by atoms with van der Waals surface area (Å²) in [6, 6.07) is 5.91. The van der Waals surface area contributed by atoms with E-state index in [1.54, 1.807) is 19.1 Å². The monoisotopic (exact) mass is 414 g/mol. The van der Waals surface area contributed by atoms with E-state index < -0.39 is 9.84 Å². The molecule has 1 aliphatic rings. The quantitative estimate of drug-likeness (QED) is 0.787. The summed E-state index contributed by atoms with van der Waals surface area (Å²) < 4.78 is 35.9. The molecule has 1 amide bonds. The molecule has 0 spiro atoms. The number of nitrogens with one attached hydrogen (secondary N) is 1. The topological polar surface area (TPSA) is 76.1 Å². The molecule has 5 nitrogen and oxygen atoms in total. The Morgan fingerprint density at radius 3 is 2.81 bits per heavy atom. The van der Waals surface area contributed by atoms with Crippen LogP contribution in [0.5, 0.6) is 0 Å². The third kappa shape index (κ3) is 5.05. The van der Waals surface area contributed by atoms with Crippen molar-refractivity contribution in [2.24, 2.45) is 0 Å². The molecule has 1 fully saturated rings. The number of rotatable bonds is 6. The predicted molar refractivity (Wildman–Crippen MR) is 103 cm³/mol. The van der Waals surface area contributed by atoms with E-state index in [1.807, 2.05) is 5.38 Å². The Hall–Kier alpha value is -1.45. The van der Waals surface area contributed by atoms with Crippen molar-refractivity contribution in [2.45, 2.75) is 30.4 Å². The number of nitrogens with zero attached hydrogens (tertiary/aromatic N) is 1. The zero-order valence-corrected chi connectivity index (χ0v) is 16.6. The fraction of sp³-hybridized carbons (Fsp3) is 0.412. The van der Waals surface area contributed by atoms with Gasteiger partial charge >= 0.3 is 0 Å². The normalized spacial score (nSPS) is 20.0. The van der Waals surface area contributed by atoms with E-state index in [2.05, 4.69) is 10.3 Å². The standard InChI is InChI=1S/C17H19FN2O3S3/c1-11(16(21)19-14-6-7-26(22,23)10-14)24-8-15-9-25-17(20-15)12-2-4-13(18)5-3-12/h2-5,9,11,14H,6-8,10H2,1H3,(H,19,21)/t11-,14-/m0/s1. The van der Waals surface area contributed by atoms with E-state index in [0.29, 0.717) is 12.2 Å². The second-order valence-corrected chi connectivity index (χ2v) is 10.6. The second-order valence-electron chi connectivity index (χ2n) is 6.21. The Labute approximate surface area is 160 Å². The number of sulfone groups is 1. The lowest BCUT2D eigenvalue weighted by Crippen LogP contribution is -2.40. The lowest BCUT2D eigenvalue weighted by Gasteiger charge is -2.15. The minimum atomic E-state index is -3.00. The number of thiazole rings is 1. The maximum atomic E-state index is 13.0. The zero-order valence-electron chi connectivity index (χ0n) is 14.1. The van der Waals surface area contributed by atoms with Crippen molar-refractivity contribution in [3.8, 4) is 10.6 Å². The Morgan fingerprint density at radius 1 is 1.42 bits per heavy atom. The molecule has 1 N–H and O–H groups in total. The van der Waals surface area contributed by atoms with Gasteiger partial charge in [-0.15, -0.1) is 23.1 Å². The minimum Gasteiger partial charge on any atom is -0.351 e. The van der Waals surface area contributed by atoms with Gasteiger partial charge in [0, 0.05) is 22.7 Å². The molecule has 0 unspecified atom stereocenters. The van der Waals surface area contributed by atoms with Gasteiger partial charge in [-0.25, -0.2) is 17.8 Å². The van der Waals surface area contributed by atoms with Crippen molar-refractivity contribution in [3.05, 3.63) is 41.2 Å². The highest BCUT2D eigenvalue weighted by Crippen LogP contribution is 2.26. The summed E-state index contributed by atoms with van der Waals surface area (Å²) in [7, 11) is -3.00. The smallest absolute Gasteiger partial charge is 0.233 e. The van der Waals surface area contributed by atoms with E-state index in [4.69, 9.17) is 0 Å². The molecule has 2 heterocycles. The molecule has 2 atom stereocenters. The highest BCUT2D eigenvalue weighted by molar-refractivity contribution is 7.99. The minimum absolute atomic E-state index is 0.0310. The summed E-state index contributed by atoms with van der Waals surface area (Å²) in [4.78, 5) is 16.7. The van der Waals surface area contributed by atoms with Crippen LogP contribution in [0.3, 0.4) is 0 Å². The molecule has 3 rings (SSSR count). The number of aromatic nitrogens is 1. The second kappa shape index (κ2) is 8.06. The molecule has 9 heteroatoms. The largest absolute Gasteiger partial charge is 0.351 e. The van der Waals surface area contributed by atoms with Crippen LogP contribution >= 0.6 is 23.1 Å². The molecule has 1 saturated heterocycles. The van der Waals surface area contributed by atoms with Crippen molar-refractivity contribution in [3.63, 3.8) is 0 Å². The SMILES string of the molecule is C[C@H](SCc1csc(-c2ccc(F)cc2)n1)C(=O)N[C@H]1CCS(=O)(=O)C1. The first kappa shape index (κ1) is 19.3. The van der Waals surface area contributed by atoms with Gasteiger partial charge in [0.2, 0.25) is 5.91 Å². The number of halogens is 1. The van der Waals surface area contributed by atoms with Gasteiger partial charge in [0.05, 0.1) is 22.4 Å². The van der Waals surface area contributed by atoms with E-state index in [0.717, 1.165) is 16.3 Å². The molecule has 140 valence electrons. The molecule has 0 saturated carbocycles. The average molecular weight is 415 g/mol. The van der Waals surface area contributed by atoms with Gasteiger partial charge in [-0.05, 0) is 37.6 Å². The third-order valence-corrected chi connectivity index (χ3v) is 7.96. The Bertz CT molecular complexity index is 881. The first-order valence-corrected chi connectivity index (χ1v) is 11.9. The molecular formula is C17H19FN2O3S3. The molecule has 2 aromatic rings. The van der Waals surface area contributed by atoms with Crippen LogP contribution in [0.2, 0.25) is 0 Å². The molecule has 0 aliphatic carbocycles. The van der Waals surface area contributed by atoms with Crippen molar-refractivity contribution >= 4 is 38.8 Å². The molecule has 0 radical (unpaired) electrons.